The third kappa shape index (κ3) is 4.86. The zero-order valence-electron chi connectivity index (χ0n) is 19.3. The smallest absolute Gasteiger partial charge is 0.274 e. The third-order valence-corrected chi connectivity index (χ3v) is 6.50. The number of amides is 2. The summed E-state index contributed by atoms with van der Waals surface area (Å²) in [5.74, 6) is 0.382. The van der Waals surface area contributed by atoms with Gasteiger partial charge in [0.05, 0.1) is 12.0 Å². The van der Waals surface area contributed by atoms with Crippen molar-refractivity contribution in [3.05, 3.63) is 94.8 Å². The minimum atomic E-state index is -0.151. The molecule has 0 bridgehead atoms. The Morgan fingerprint density at radius 2 is 1.83 bits per heavy atom. The van der Waals surface area contributed by atoms with Gasteiger partial charge in [-0.3, -0.25) is 9.59 Å². The van der Waals surface area contributed by atoms with Crippen LogP contribution in [0.4, 0.5) is 0 Å². The van der Waals surface area contributed by atoms with Crippen molar-refractivity contribution in [2.45, 2.75) is 25.8 Å². The first kappa shape index (κ1) is 22.9. The predicted molar refractivity (Wildman–Crippen MR) is 134 cm³/mol. The molecular weight excluding hydrogens is 464 g/mol. The number of rotatable bonds is 5. The standard InChI is InChI=1S/C27H25ClN4O3/c1-18-6-2-3-9-22(18)26(33)29-20-11-13-31(14-12-20)27(34)23-17-24(25-10-5-15-35-25)32(30-23)21-8-4-7-19(28)16-21/h2-10,15-17,20H,11-14H2,1H3,(H,29,33). The molecule has 0 saturated carbocycles. The summed E-state index contributed by atoms with van der Waals surface area (Å²) in [4.78, 5) is 27.8. The van der Waals surface area contributed by atoms with Gasteiger partial charge in [-0.2, -0.15) is 5.10 Å². The van der Waals surface area contributed by atoms with Crippen molar-refractivity contribution in [3.63, 3.8) is 0 Å². The van der Waals surface area contributed by atoms with Crippen LogP contribution in [0.2, 0.25) is 5.02 Å². The number of aromatic nitrogens is 2. The van der Waals surface area contributed by atoms with E-state index in [2.05, 4.69) is 10.4 Å². The Morgan fingerprint density at radius 3 is 2.54 bits per heavy atom. The highest BCUT2D eigenvalue weighted by Crippen LogP contribution is 2.27. The lowest BCUT2D eigenvalue weighted by atomic mass is 10.0. The number of carbonyl (C=O) groups excluding carboxylic acids is 2. The monoisotopic (exact) mass is 488 g/mol. The molecule has 1 aliphatic rings. The molecule has 3 heterocycles. The maximum atomic E-state index is 13.3. The number of hydrogen-bond acceptors (Lipinski definition) is 4. The molecule has 0 spiro atoms. The van der Waals surface area contributed by atoms with E-state index in [0.29, 0.717) is 53.7 Å². The van der Waals surface area contributed by atoms with Gasteiger partial charge in [-0.1, -0.05) is 35.9 Å². The number of likely N-dealkylation sites (tertiary alicyclic amines) is 1. The van der Waals surface area contributed by atoms with E-state index in [9.17, 15) is 9.59 Å². The fourth-order valence-electron chi connectivity index (χ4n) is 4.37. The summed E-state index contributed by atoms with van der Waals surface area (Å²) in [5.41, 5.74) is 3.36. The van der Waals surface area contributed by atoms with E-state index in [1.54, 1.807) is 40.1 Å². The molecule has 2 aromatic heterocycles. The molecule has 0 unspecified atom stereocenters. The van der Waals surface area contributed by atoms with E-state index in [1.807, 2.05) is 49.4 Å². The first-order valence-corrected chi connectivity index (χ1v) is 11.9. The van der Waals surface area contributed by atoms with Crippen molar-refractivity contribution in [1.29, 1.82) is 0 Å². The third-order valence-electron chi connectivity index (χ3n) is 6.26. The van der Waals surface area contributed by atoms with E-state index >= 15 is 0 Å². The molecule has 1 N–H and O–H groups in total. The van der Waals surface area contributed by atoms with Gasteiger partial charge in [0.25, 0.3) is 11.8 Å². The predicted octanol–water partition coefficient (Wildman–Crippen LogP) is 5.13. The average Bonchev–Trinajstić information content (AvgIpc) is 3.55. The van der Waals surface area contributed by atoms with Gasteiger partial charge in [0.2, 0.25) is 0 Å². The number of benzene rings is 2. The molecule has 4 aromatic rings. The van der Waals surface area contributed by atoms with Crippen LogP contribution in [0, 0.1) is 6.92 Å². The van der Waals surface area contributed by atoms with Crippen LogP contribution < -0.4 is 5.32 Å². The Kier molecular flexibility index (Phi) is 6.42. The highest BCUT2D eigenvalue weighted by molar-refractivity contribution is 6.30. The van der Waals surface area contributed by atoms with Crippen molar-refractivity contribution < 1.29 is 14.0 Å². The molecule has 5 rings (SSSR count). The highest BCUT2D eigenvalue weighted by atomic mass is 35.5. The van der Waals surface area contributed by atoms with Crippen molar-refractivity contribution in [2.75, 3.05) is 13.1 Å². The number of nitrogens with one attached hydrogen (secondary N) is 1. The summed E-state index contributed by atoms with van der Waals surface area (Å²) in [5, 5.41) is 8.29. The summed E-state index contributed by atoms with van der Waals surface area (Å²) < 4.78 is 7.26. The number of furan rings is 1. The van der Waals surface area contributed by atoms with Crippen LogP contribution in [0.3, 0.4) is 0 Å². The SMILES string of the molecule is Cc1ccccc1C(=O)NC1CCN(C(=O)c2cc(-c3ccco3)n(-c3cccc(Cl)c3)n2)CC1. The Bertz CT molecular complexity index is 1350. The van der Waals surface area contributed by atoms with Crippen LogP contribution >= 0.6 is 11.6 Å². The zero-order valence-corrected chi connectivity index (χ0v) is 20.0. The summed E-state index contributed by atoms with van der Waals surface area (Å²) in [6.07, 6.45) is 2.95. The summed E-state index contributed by atoms with van der Waals surface area (Å²) in [6.45, 7) is 3.00. The fraction of sp³-hybridized carbons (Fsp3) is 0.222. The normalized spacial score (nSPS) is 14.2. The zero-order chi connectivity index (χ0) is 24.4. The Hall–Kier alpha value is -3.84. The molecule has 0 radical (unpaired) electrons. The molecule has 8 heteroatoms. The lowest BCUT2D eigenvalue weighted by Gasteiger charge is -2.32. The summed E-state index contributed by atoms with van der Waals surface area (Å²) in [7, 11) is 0. The minimum Gasteiger partial charge on any atom is -0.463 e. The molecule has 1 fully saturated rings. The minimum absolute atomic E-state index is 0.0221. The molecule has 1 saturated heterocycles. The van der Waals surface area contributed by atoms with E-state index < -0.39 is 0 Å². The summed E-state index contributed by atoms with van der Waals surface area (Å²) >= 11 is 6.19. The second-order valence-corrected chi connectivity index (χ2v) is 9.08. The van der Waals surface area contributed by atoms with Crippen molar-refractivity contribution >= 4 is 23.4 Å². The number of piperidine rings is 1. The maximum absolute atomic E-state index is 13.3. The van der Waals surface area contributed by atoms with E-state index in [4.69, 9.17) is 16.0 Å². The van der Waals surface area contributed by atoms with Gasteiger partial charge in [-0.05, 0) is 61.7 Å². The van der Waals surface area contributed by atoms with Gasteiger partial charge in [0.15, 0.2) is 11.5 Å². The number of hydrogen-bond donors (Lipinski definition) is 1. The fourth-order valence-corrected chi connectivity index (χ4v) is 4.55. The number of nitrogens with zero attached hydrogens (tertiary/aromatic N) is 3. The second kappa shape index (κ2) is 9.80. The van der Waals surface area contributed by atoms with Crippen LogP contribution in [0.5, 0.6) is 0 Å². The molecule has 1 aliphatic heterocycles. The van der Waals surface area contributed by atoms with E-state index in [1.165, 1.54) is 0 Å². The van der Waals surface area contributed by atoms with Crippen LogP contribution in [0.1, 0.15) is 39.3 Å². The van der Waals surface area contributed by atoms with Crippen LogP contribution in [0.15, 0.2) is 77.4 Å². The molecule has 2 aromatic carbocycles. The Balaban J connectivity index is 1.30. The van der Waals surface area contributed by atoms with Gasteiger partial charge in [-0.25, -0.2) is 4.68 Å². The van der Waals surface area contributed by atoms with Crippen LogP contribution in [-0.2, 0) is 0 Å². The number of carbonyl (C=O) groups is 2. The molecule has 178 valence electrons. The van der Waals surface area contributed by atoms with Gasteiger partial charge in [-0.15, -0.1) is 0 Å². The molecule has 0 aliphatic carbocycles. The first-order valence-electron chi connectivity index (χ1n) is 11.6. The Morgan fingerprint density at radius 1 is 1.03 bits per heavy atom. The number of halogens is 1. The van der Waals surface area contributed by atoms with Gasteiger partial charge < -0.3 is 14.6 Å². The number of aryl methyl sites for hydroxylation is 1. The van der Waals surface area contributed by atoms with Gasteiger partial charge in [0, 0.05) is 35.8 Å². The quantitative estimate of drug-likeness (QED) is 0.422. The van der Waals surface area contributed by atoms with Gasteiger partial charge in [0.1, 0.15) is 5.69 Å². The Labute approximate surface area is 208 Å². The molecule has 35 heavy (non-hydrogen) atoms. The van der Waals surface area contributed by atoms with Crippen molar-refractivity contribution in [3.8, 4) is 17.1 Å². The lowest BCUT2D eigenvalue weighted by molar-refractivity contribution is 0.0692. The molecule has 2 amide bonds. The van der Waals surface area contributed by atoms with Gasteiger partial charge >= 0.3 is 0 Å². The van der Waals surface area contributed by atoms with E-state index in [0.717, 1.165) is 11.3 Å². The molecule has 7 nitrogen and oxygen atoms in total. The molecule has 0 atom stereocenters. The first-order chi connectivity index (χ1) is 17.0. The van der Waals surface area contributed by atoms with Crippen LogP contribution in [-0.4, -0.2) is 45.6 Å². The molecular formula is C27H25ClN4O3. The lowest BCUT2D eigenvalue weighted by Crippen LogP contribution is -2.46. The van der Waals surface area contributed by atoms with E-state index in [-0.39, 0.29) is 17.9 Å². The van der Waals surface area contributed by atoms with Crippen molar-refractivity contribution in [1.82, 2.24) is 20.0 Å². The average molecular weight is 489 g/mol. The summed E-state index contributed by atoms with van der Waals surface area (Å²) in [6, 6.07) is 20.2. The second-order valence-electron chi connectivity index (χ2n) is 8.64. The largest absolute Gasteiger partial charge is 0.463 e. The maximum Gasteiger partial charge on any atom is 0.274 e. The van der Waals surface area contributed by atoms with Crippen LogP contribution in [0.25, 0.3) is 17.1 Å². The van der Waals surface area contributed by atoms with Crippen molar-refractivity contribution in [2.24, 2.45) is 0 Å². The highest BCUT2D eigenvalue weighted by Gasteiger charge is 2.28. The topological polar surface area (TPSA) is 80.4 Å².